The first-order chi connectivity index (χ1) is 15.7. The Morgan fingerprint density at radius 2 is 1.65 bits per heavy atom. The van der Waals surface area contributed by atoms with Crippen molar-refractivity contribution < 1.29 is 19.8 Å². The minimum atomic E-state index is -0.626. The number of carbonyl (C=O) groups is 2. The van der Waals surface area contributed by atoms with Gasteiger partial charge in [-0.05, 0) is 96.9 Å². The van der Waals surface area contributed by atoms with Gasteiger partial charge in [-0.2, -0.15) is 0 Å². The fourth-order valence-corrected chi connectivity index (χ4v) is 10.3. The average molecular weight is 469 g/mol. The van der Waals surface area contributed by atoms with E-state index in [1.54, 1.807) is 0 Å². The number of carbonyl (C=O) groups excluding carboxylic acids is 1. The predicted octanol–water partition coefficient (Wildman–Crippen LogP) is 6.96. The molecule has 3 saturated carbocycles. The molecular formula is C30H44O4. The molecule has 5 aliphatic carbocycles. The Labute approximate surface area is 205 Å². The van der Waals surface area contributed by atoms with Crippen LogP contribution in [0.5, 0.6) is 0 Å². The van der Waals surface area contributed by atoms with Crippen LogP contribution in [0.25, 0.3) is 0 Å². The molecule has 0 aliphatic heterocycles. The second-order valence-electron chi connectivity index (χ2n) is 14.0. The summed E-state index contributed by atoms with van der Waals surface area (Å²) in [5.41, 5.74) is -0.0989. The van der Waals surface area contributed by atoms with Crippen LogP contribution in [0.4, 0.5) is 0 Å². The topological polar surface area (TPSA) is 74.6 Å². The zero-order valence-corrected chi connectivity index (χ0v) is 22.2. The van der Waals surface area contributed by atoms with Gasteiger partial charge in [0.05, 0.1) is 5.41 Å². The highest BCUT2D eigenvalue weighted by molar-refractivity contribution is 5.98. The molecule has 9 atom stereocenters. The number of hydrogen-bond donors (Lipinski definition) is 2. The van der Waals surface area contributed by atoms with E-state index in [0.29, 0.717) is 17.8 Å². The number of Topliss-reactive ketones (excluding diaryl/α,β-unsaturated/α-hetero) is 1. The number of allylic oxidation sites excluding steroid dienone is 4. The number of carboxylic acid groups (broad SMARTS) is 1. The first kappa shape index (κ1) is 24.1. The van der Waals surface area contributed by atoms with Gasteiger partial charge in [-0.1, -0.05) is 60.1 Å². The maximum atomic E-state index is 12.9. The van der Waals surface area contributed by atoms with E-state index in [-0.39, 0.29) is 39.6 Å². The minimum absolute atomic E-state index is 0.000644. The number of aliphatic hydroxyl groups excluding tert-OH is 1. The standard InChI is InChI=1S/C30H44O4/c1-17-10-13-30(25(33)34)15-14-28(6)19(23(30)18(17)2)8-9-22-27(5)16-20(31)24(32)26(3,4)21(27)11-12-29(22,28)7/h8,16-18,21-23,31H,9-15H2,1-7H3,(H,33,34)/t17?,18?,21?,22?,23?,27-,28+,29+,30-/m0/s1. The van der Waals surface area contributed by atoms with E-state index in [9.17, 15) is 19.8 Å². The molecule has 0 bridgehead atoms. The smallest absolute Gasteiger partial charge is 0.310 e. The third kappa shape index (κ3) is 2.61. The summed E-state index contributed by atoms with van der Waals surface area (Å²) in [6.45, 7) is 15.8. The SMILES string of the molecule is CC1CC[C@]2(C(=O)O)CC[C@]3(C)C(=CCC4[C@@]5(C)C=C(O)C(=O)C(C)(C)C5CC[C@]43C)C2C1C. The maximum Gasteiger partial charge on any atom is 0.310 e. The van der Waals surface area contributed by atoms with Crippen molar-refractivity contribution in [3.63, 3.8) is 0 Å². The van der Waals surface area contributed by atoms with Crippen molar-refractivity contribution in [2.75, 3.05) is 0 Å². The summed E-state index contributed by atoms with van der Waals surface area (Å²) < 4.78 is 0. The molecule has 5 rings (SSSR count). The highest BCUT2D eigenvalue weighted by Gasteiger charge is 2.69. The van der Waals surface area contributed by atoms with E-state index in [2.05, 4.69) is 40.7 Å². The van der Waals surface area contributed by atoms with E-state index in [1.165, 1.54) is 5.57 Å². The van der Waals surface area contributed by atoms with Gasteiger partial charge in [0.15, 0.2) is 5.76 Å². The average Bonchev–Trinajstić information content (AvgIpc) is 2.75. The first-order valence-electron chi connectivity index (χ1n) is 13.6. The lowest BCUT2D eigenvalue weighted by atomic mass is 9.34. The van der Waals surface area contributed by atoms with E-state index in [1.807, 2.05) is 19.9 Å². The lowest BCUT2D eigenvalue weighted by Crippen LogP contribution is -2.64. The van der Waals surface area contributed by atoms with E-state index >= 15 is 0 Å². The minimum Gasteiger partial charge on any atom is -0.505 e. The quantitative estimate of drug-likeness (QED) is 0.408. The summed E-state index contributed by atoms with van der Waals surface area (Å²) in [6.07, 6.45) is 10.7. The molecule has 0 saturated heterocycles. The predicted molar refractivity (Wildman–Crippen MR) is 133 cm³/mol. The second-order valence-corrected chi connectivity index (χ2v) is 14.0. The van der Waals surface area contributed by atoms with Gasteiger partial charge in [-0.25, -0.2) is 0 Å². The summed E-state index contributed by atoms with van der Waals surface area (Å²) in [5, 5.41) is 21.2. The highest BCUT2D eigenvalue weighted by atomic mass is 16.4. The van der Waals surface area contributed by atoms with Gasteiger partial charge in [-0.15, -0.1) is 0 Å². The Kier molecular flexibility index (Phi) is 4.97. The lowest BCUT2D eigenvalue weighted by Gasteiger charge is -2.70. The van der Waals surface area contributed by atoms with E-state index < -0.39 is 16.8 Å². The van der Waals surface area contributed by atoms with Crippen molar-refractivity contribution in [2.24, 2.45) is 56.7 Å². The lowest BCUT2D eigenvalue weighted by molar-refractivity contribution is -0.177. The van der Waals surface area contributed by atoms with Crippen LogP contribution in [0.3, 0.4) is 0 Å². The molecule has 0 radical (unpaired) electrons. The Morgan fingerprint density at radius 3 is 2.29 bits per heavy atom. The Bertz CT molecular complexity index is 1010. The Morgan fingerprint density at radius 1 is 0.971 bits per heavy atom. The number of hydrogen-bond acceptors (Lipinski definition) is 3. The zero-order valence-electron chi connectivity index (χ0n) is 22.2. The second kappa shape index (κ2) is 7.01. The van der Waals surface area contributed by atoms with Crippen LogP contribution < -0.4 is 0 Å². The Balaban J connectivity index is 1.66. The molecule has 0 aromatic heterocycles. The molecule has 34 heavy (non-hydrogen) atoms. The number of aliphatic carboxylic acids is 1. The van der Waals surface area contributed by atoms with Gasteiger partial charge < -0.3 is 10.2 Å². The molecule has 3 fully saturated rings. The summed E-state index contributed by atoms with van der Waals surface area (Å²) >= 11 is 0. The van der Waals surface area contributed by atoms with E-state index in [4.69, 9.17) is 0 Å². The monoisotopic (exact) mass is 468 g/mol. The maximum absolute atomic E-state index is 12.9. The molecule has 188 valence electrons. The van der Waals surface area contributed by atoms with Gasteiger partial charge >= 0.3 is 5.97 Å². The van der Waals surface area contributed by atoms with Crippen molar-refractivity contribution >= 4 is 11.8 Å². The molecule has 2 N–H and O–H groups in total. The fourth-order valence-electron chi connectivity index (χ4n) is 10.3. The number of fused-ring (bicyclic) bond motifs is 7. The molecular weight excluding hydrogens is 424 g/mol. The summed E-state index contributed by atoms with van der Waals surface area (Å²) in [4.78, 5) is 25.7. The molecule has 4 nitrogen and oxygen atoms in total. The number of ketones is 1. The van der Waals surface area contributed by atoms with Crippen LogP contribution in [-0.4, -0.2) is 22.0 Å². The molecule has 5 unspecified atom stereocenters. The fraction of sp³-hybridized carbons (Fsp3) is 0.800. The molecule has 0 aromatic carbocycles. The van der Waals surface area contributed by atoms with Crippen molar-refractivity contribution in [1.29, 1.82) is 0 Å². The third-order valence-electron chi connectivity index (χ3n) is 12.7. The number of rotatable bonds is 1. The summed E-state index contributed by atoms with van der Waals surface area (Å²) in [5.74, 6) is 0.738. The van der Waals surface area contributed by atoms with Crippen molar-refractivity contribution in [3.8, 4) is 0 Å². The van der Waals surface area contributed by atoms with Crippen LogP contribution in [0.1, 0.15) is 93.4 Å². The molecule has 5 aliphatic rings. The van der Waals surface area contributed by atoms with Gasteiger partial charge in [0.2, 0.25) is 5.78 Å². The number of carboxylic acids is 1. The van der Waals surface area contributed by atoms with Crippen molar-refractivity contribution in [3.05, 3.63) is 23.5 Å². The van der Waals surface area contributed by atoms with Crippen molar-refractivity contribution in [2.45, 2.75) is 93.4 Å². The van der Waals surface area contributed by atoms with Gasteiger partial charge in [0, 0.05) is 5.41 Å². The van der Waals surface area contributed by atoms with Crippen LogP contribution >= 0.6 is 0 Å². The van der Waals surface area contributed by atoms with Gasteiger partial charge in [0.1, 0.15) is 0 Å². The van der Waals surface area contributed by atoms with Crippen molar-refractivity contribution in [1.82, 2.24) is 0 Å². The highest BCUT2D eigenvalue weighted by Crippen LogP contribution is 2.75. The number of aliphatic hydroxyl groups is 1. The van der Waals surface area contributed by atoms with E-state index in [0.717, 1.165) is 44.9 Å². The normalized spacial score (nSPS) is 51.7. The van der Waals surface area contributed by atoms with Gasteiger partial charge in [-0.3, -0.25) is 9.59 Å². The molecule has 0 aromatic rings. The first-order valence-corrected chi connectivity index (χ1v) is 13.6. The molecule has 0 heterocycles. The van der Waals surface area contributed by atoms with Crippen LogP contribution in [0.2, 0.25) is 0 Å². The molecule has 0 spiro atoms. The third-order valence-corrected chi connectivity index (χ3v) is 12.7. The molecule has 0 amide bonds. The largest absolute Gasteiger partial charge is 0.505 e. The molecule has 4 heteroatoms. The Hall–Kier alpha value is -1.58. The zero-order chi connectivity index (χ0) is 25.1. The van der Waals surface area contributed by atoms with Gasteiger partial charge in [0.25, 0.3) is 0 Å². The van der Waals surface area contributed by atoms with Crippen LogP contribution in [-0.2, 0) is 9.59 Å². The summed E-state index contributed by atoms with van der Waals surface area (Å²) in [7, 11) is 0. The van der Waals surface area contributed by atoms with Crippen LogP contribution in [0, 0.1) is 56.7 Å². The van der Waals surface area contributed by atoms with Crippen LogP contribution in [0.15, 0.2) is 23.5 Å². The summed E-state index contributed by atoms with van der Waals surface area (Å²) in [6, 6.07) is 0.